The van der Waals surface area contributed by atoms with Crippen LogP contribution in [0.5, 0.6) is 11.5 Å². The van der Waals surface area contributed by atoms with Gasteiger partial charge in [-0.25, -0.2) is 8.42 Å². The number of hydrogen-bond acceptors (Lipinski definition) is 6. The third-order valence-corrected chi connectivity index (χ3v) is 8.13. The second-order valence-electron chi connectivity index (χ2n) is 9.43. The summed E-state index contributed by atoms with van der Waals surface area (Å²) in [4.78, 5) is 5.12. The highest BCUT2D eigenvalue weighted by Gasteiger charge is 2.29. The fourth-order valence-electron chi connectivity index (χ4n) is 4.64. The molecule has 8 heteroatoms. The Morgan fingerprint density at radius 1 is 0.861 bits per heavy atom. The lowest BCUT2D eigenvalue weighted by Gasteiger charge is -2.45. The molecule has 1 aliphatic heterocycles. The van der Waals surface area contributed by atoms with Gasteiger partial charge in [0, 0.05) is 43.1 Å². The van der Waals surface area contributed by atoms with Gasteiger partial charge in [0.25, 0.3) is 10.0 Å². The second-order valence-corrected chi connectivity index (χ2v) is 11.1. The summed E-state index contributed by atoms with van der Waals surface area (Å²) in [6, 6.07) is 21.2. The molecule has 0 spiro atoms. The van der Waals surface area contributed by atoms with Gasteiger partial charge in [-0.15, -0.1) is 0 Å². The van der Waals surface area contributed by atoms with E-state index in [1.807, 2.05) is 43.3 Å². The number of methoxy groups -OCH3 is 2. The van der Waals surface area contributed by atoms with Crippen LogP contribution in [-0.4, -0.2) is 52.7 Å². The molecule has 0 radical (unpaired) electrons. The van der Waals surface area contributed by atoms with Crippen molar-refractivity contribution in [3.8, 4) is 11.5 Å². The molecule has 1 aliphatic rings. The van der Waals surface area contributed by atoms with Crippen molar-refractivity contribution in [3.05, 3.63) is 77.9 Å². The number of nitrogens with zero attached hydrogens (tertiary/aromatic N) is 2. The third kappa shape index (κ3) is 5.77. The van der Waals surface area contributed by atoms with Gasteiger partial charge < -0.3 is 14.4 Å². The molecule has 0 aliphatic carbocycles. The zero-order valence-corrected chi connectivity index (χ0v) is 22.4. The van der Waals surface area contributed by atoms with Crippen LogP contribution in [0.15, 0.2) is 71.6 Å². The van der Waals surface area contributed by atoms with Crippen LogP contribution in [-0.2, 0) is 16.6 Å². The summed E-state index contributed by atoms with van der Waals surface area (Å²) in [5.74, 6) is 1.48. The maximum Gasteiger partial charge on any atom is 0.261 e. The minimum Gasteiger partial charge on any atom is -0.493 e. The fraction of sp³-hybridized carbons (Fsp3) is 0.357. The van der Waals surface area contributed by atoms with Crippen molar-refractivity contribution in [2.45, 2.75) is 44.3 Å². The third-order valence-electron chi connectivity index (χ3n) is 6.73. The Hall–Kier alpha value is -3.23. The average molecular weight is 510 g/mol. The fourth-order valence-corrected chi connectivity index (χ4v) is 5.70. The van der Waals surface area contributed by atoms with E-state index in [1.165, 1.54) is 5.56 Å². The zero-order chi connectivity index (χ0) is 25.9. The lowest BCUT2D eigenvalue weighted by Crippen LogP contribution is -2.56. The van der Waals surface area contributed by atoms with Crippen LogP contribution < -0.4 is 19.1 Å². The van der Waals surface area contributed by atoms with E-state index >= 15 is 0 Å². The molecular formula is C28H35N3O4S. The number of aryl methyl sites for hydroxylation is 1. The lowest BCUT2D eigenvalue weighted by molar-refractivity contribution is 0.158. The van der Waals surface area contributed by atoms with E-state index in [0.29, 0.717) is 17.8 Å². The number of sulfonamides is 1. The summed E-state index contributed by atoms with van der Waals surface area (Å²) in [5, 5.41) is 0. The molecule has 3 aromatic carbocycles. The first-order valence-corrected chi connectivity index (χ1v) is 13.6. The Balaban J connectivity index is 1.41. The highest BCUT2D eigenvalue weighted by Crippen LogP contribution is 2.30. The number of ether oxygens (including phenoxy) is 2. The van der Waals surface area contributed by atoms with Gasteiger partial charge in [-0.3, -0.25) is 9.62 Å². The Bertz CT molecular complexity index is 1280. The number of piperazine rings is 1. The molecule has 36 heavy (non-hydrogen) atoms. The van der Waals surface area contributed by atoms with Gasteiger partial charge in [-0.2, -0.15) is 0 Å². The predicted octanol–water partition coefficient (Wildman–Crippen LogP) is 4.91. The van der Waals surface area contributed by atoms with Crippen molar-refractivity contribution in [3.63, 3.8) is 0 Å². The van der Waals surface area contributed by atoms with Gasteiger partial charge >= 0.3 is 0 Å². The molecule has 4 rings (SSSR count). The molecule has 1 N–H and O–H groups in total. The number of benzene rings is 3. The van der Waals surface area contributed by atoms with Crippen LogP contribution in [0.1, 0.15) is 25.0 Å². The Morgan fingerprint density at radius 2 is 1.53 bits per heavy atom. The molecule has 3 aromatic rings. The van der Waals surface area contributed by atoms with Crippen LogP contribution in [0.2, 0.25) is 0 Å². The summed E-state index contributed by atoms with van der Waals surface area (Å²) in [5.41, 5.74) is 3.83. The van der Waals surface area contributed by atoms with Crippen molar-refractivity contribution in [2.75, 3.05) is 36.9 Å². The van der Waals surface area contributed by atoms with E-state index in [-0.39, 0.29) is 4.90 Å². The SMILES string of the molecule is COc1ccc(CN2C[C@@H](C)N(c3ccc(NS(=O)(=O)c4ccc(C)cc4)cc3)C[C@@H]2C)cc1OC. The zero-order valence-electron chi connectivity index (χ0n) is 21.6. The molecule has 0 aromatic heterocycles. The minimum atomic E-state index is -3.62. The van der Waals surface area contributed by atoms with Crippen LogP contribution >= 0.6 is 0 Å². The first-order chi connectivity index (χ1) is 17.2. The van der Waals surface area contributed by atoms with Gasteiger partial charge in [0.15, 0.2) is 11.5 Å². The Labute approximate surface area is 214 Å². The summed E-state index contributed by atoms with van der Waals surface area (Å²) in [6.07, 6.45) is 0. The summed E-state index contributed by atoms with van der Waals surface area (Å²) in [7, 11) is -0.320. The van der Waals surface area contributed by atoms with E-state index in [9.17, 15) is 8.42 Å². The van der Waals surface area contributed by atoms with Gasteiger partial charge in [-0.05, 0) is 74.9 Å². The quantitative estimate of drug-likeness (QED) is 0.465. The molecule has 1 fully saturated rings. The molecule has 0 unspecified atom stereocenters. The van der Waals surface area contributed by atoms with Gasteiger partial charge in [0.05, 0.1) is 19.1 Å². The first-order valence-electron chi connectivity index (χ1n) is 12.1. The van der Waals surface area contributed by atoms with Crippen molar-refractivity contribution in [1.29, 1.82) is 0 Å². The van der Waals surface area contributed by atoms with Crippen LogP contribution in [0.25, 0.3) is 0 Å². The number of anilines is 2. The maximum absolute atomic E-state index is 12.7. The van der Waals surface area contributed by atoms with E-state index < -0.39 is 10.0 Å². The van der Waals surface area contributed by atoms with Crippen LogP contribution in [0, 0.1) is 6.92 Å². The molecule has 1 saturated heterocycles. The summed E-state index contributed by atoms with van der Waals surface area (Å²) in [6.45, 7) is 9.02. The average Bonchev–Trinajstić information content (AvgIpc) is 2.86. The van der Waals surface area contributed by atoms with E-state index in [1.54, 1.807) is 38.5 Å². The van der Waals surface area contributed by atoms with Gasteiger partial charge in [-0.1, -0.05) is 23.8 Å². The molecule has 2 atom stereocenters. The smallest absolute Gasteiger partial charge is 0.261 e. The van der Waals surface area contributed by atoms with Crippen LogP contribution in [0.3, 0.4) is 0 Å². The summed E-state index contributed by atoms with van der Waals surface area (Å²) >= 11 is 0. The molecule has 0 amide bonds. The highest BCUT2D eigenvalue weighted by atomic mass is 32.2. The van der Waals surface area contributed by atoms with Crippen molar-refractivity contribution < 1.29 is 17.9 Å². The summed E-state index contributed by atoms with van der Waals surface area (Å²) < 4.78 is 38.9. The Morgan fingerprint density at radius 3 is 2.17 bits per heavy atom. The molecule has 192 valence electrons. The van der Waals surface area contributed by atoms with Crippen molar-refractivity contribution in [1.82, 2.24) is 4.90 Å². The molecule has 7 nitrogen and oxygen atoms in total. The van der Waals surface area contributed by atoms with Gasteiger partial charge in [0.2, 0.25) is 0 Å². The maximum atomic E-state index is 12.7. The largest absolute Gasteiger partial charge is 0.493 e. The van der Waals surface area contributed by atoms with E-state index in [2.05, 4.69) is 34.4 Å². The minimum absolute atomic E-state index is 0.255. The topological polar surface area (TPSA) is 71.1 Å². The molecule has 1 heterocycles. The van der Waals surface area contributed by atoms with Crippen molar-refractivity contribution >= 4 is 21.4 Å². The van der Waals surface area contributed by atoms with Gasteiger partial charge in [0.1, 0.15) is 0 Å². The Kier molecular flexibility index (Phi) is 7.76. The molecular weight excluding hydrogens is 474 g/mol. The van der Waals surface area contributed by atoms with Crippen LogP contribution in [0.4, 0.5) is 11.4 Å². The van der Waals surface area contributed by atoms with E-state index in [4.69, 9.17) is 9.47 Å². The predicted molar refractivity (Wildman–Crippen MR) is 145 cm³/mol. The lowest BCUT2D eigenvalue weighted by atomic mass is 10.1. The van der Waals surface area contributed by atoms with Crippen molar-refractivity contribution in [2.24, 2.45) is 0 Å². The number of rotatable bonds is 8. The number of hydrogen-bond donors (Lipinski definition) is 1. The highest BCUT2D eigenvalue weighted by molar-refractivity contribution is 7.92. The number of nitrogens with one attached hydrogen (secondary N) is 1. The standard InChI is InChI=1S/C28H35N3O4S/c1-20-6-13-26(14-7-20)36(32,33)29-24-9-11-25(12-10-24)31-18-21(2)30(17-22(31)3)19-23-8-15-27(34-4)28(16-23)35-5/h6-16,21-22,29H,17-19H2,1-5H3/t21-,22+/m0/s1. The normalized spacial score (nSPS) is 18.6. The molecule has 0 bridgehead atoms. The van der Waals surface area contributed by atoms with E-state index in [0.717, 1.165) is 42.4 Å². The second kappa shape index (κ2) is 10.8. The molecule has 0 saturated carbocycles. The first kappa shape index (κ1) is 25.9. The monoisotopic (exact) mass is 509 g/mol.